The van der Waals surface area contributed by atoms with Gasteiger partial charge in [0.05, 0.1) is 0 Å². The minimum atomic E-state index is -1.28. The monoisotopic (exact) mass is 296 g/mol. The number of hydrogen-bond donors (Lipinski definition) is 0. The molecule has 0 aliphatic carbocycles. The Morgan fingerprint density at radius 2 is 1.44 bits per heavy atom. The predicted octanol–water partition coefficient (Wildman–Crippen LogP) is 3.99. The average molecular weight is 297 g/mol. The molecule has 86 valence electrons. The van der Waals surface area contributed by atoms with Crippen molar-refractivity contribution < 1.29 is 0 Å². The van der Waals surface area contributed by atoms with Gasteiger partial charge in [0, 0.05) is 0 Å². The van der Waals surface area contributed by atoms with Crippen LogP contribution in [0.15, 0.2) is 54.6 Å². The molecule has 0 spiro atoms. The summed E-state index contributed by atoms with van der Waals surface area (Å²) in [5, 5.41) is 18.2. The Morgan fingerprint density at radius 1 is 0.833 bits per heavy atom. The number of rotatable bonds is 2. The lowest BCUT2D eigenvalue weighted by atomic mass is 9.97. The van der Waals surface area contributed by atoms with E-state index in [9.17, 15) is 0 Å². The minimum absolute atomic E-state index is 0.647. The normalized spacial score (nSPS) is 10.4. The van der Waals surface area contributed by atoms with E-state index in [-0.39, 0.29) is 0 Å². The Morgan fingerprint density at radius 3 is 2.06 bits per heavy atom. The van der Waals surface area contributed by atoms with Crippen LogP contribution in [-0.4, -0.2) is 0 Å². The number of halogens is 1. The highest BCUT2D eigenvalue weighted by Gasteiger charge is 2.28. The number of hydrogen-bond acceptors (Lipinski definition) is 2. The summed E-state index contributed by atoms with van der Waals surface area (Å²) < 4.78 is -1.28. The maximum Gasteiger partial charge on any atom is 0.222 e. The molecule has 0 aromatic heterocycles. The Kier molecular flexibility index (Phi) is 3.46. The van der Waals surface area contributed by atoms with Crippen molar-refractivity contribution in [1.29, 1.82) is 10.5 Å². The molecule has 0 atom stereocenters. The van der Waals surface area contributed by atoms with E-state index >= 15 is 0 Å². The Labute approximate surface area is 114 Å². The van der Waals surface area contributed by atoms with Gasteiger partial charge >= 0.3 is 0 Å². The highest BCUT2D eigenvalue weighted by Crippen LogP contribution is 2.32. The SMILES string of the molecule is N#CC(Br)(C#N)c1cccc(-c2ccccc2)c1. The quantitative estimate of drug-likeness (QED) is 0.787. The molecule has 0 fully saturated rings. The molecule has 0 radical (unpaired) electrons. The molecular formula is C15H9BrN2. The van der Waals surface area contributed by atoms with Crippen LogP contribution in [0, 0.1) is 22.7 Å². The van der Waals surface area contributed by atoms with E-state index < -0.39 is 4.32 Å². The summed E-state index contributed by atoms with van der Waals surface area (Å²) in [6.45, 7) is 0. The molecule has 0 amide bonds. The Hall–Kier alpha value is -2.10. The zero-order chi connectivity index (χ0) is 13.0. The average Bonchev–Trinajstić information content (AvgIpc) is 2.47. The maximum atomic E-state index is 9.08. The summed E-state index contributed by atoms with van der Waals surface area (Å²) in [6, 6.07) is 21.2. The molecule has 2 nitrogen and oxygen atoms in total. The third-order valence-electron chi connectivity index (χ3n) is 2.68. The lowest BCUT2D eigenvalue weighted by Crippen LogP contribution is -2.11. The number of alkyl halides is 1. The van der Waals surface area contributed by atoms with Gasteiger partial charge in [-0.3, -0.25) is 0 Å². The smallest absolute Gasteiger partial charge is 0.195 e. The molecule has 2 rings (SSSR count). The lowest BCUT2D eigenvalue weighted by molar-refractivity contribution is 1.04. The third-order valence-corrected chi connectivity index (χ3v) is 3.49. The van der Waals surface area contributed by atoms with Crippen LogP contribution in [0.4, 0.5) is 0 Å². The van der Waals surface area contributed by atoms with Crippen LogP contribution >= 0.6 is 15.9 Å². The number of nitriles is 2. The van der Waals surface area contributed by atoms with Crippen molar-refractivity contribution in [3.63, 3.8) is 0 Å². The highest BCUT2D eigenvalue weighted by molar-refractivity contribution is 9.10. The molecule has 3 heteroatoms. The maximum absolute atomic E-state index is 9.08. The van der Waals surface area contributed by atoms with Crippen LogP contribution < -0.4 is 0 Å². The van der Waals surface area contributed by atoms with Gasteiger partial charge in [-0.1, -0.05) is 48.5 Å². The third kappa shape index (κ3) is 2.27. The zero-order valence-corrected chi connectivity index (χ0v) is 11.1. The van der Waals surface area contributed by atoms with Crippen LogP contribution in [0.1, 0.15) is 5.56 Å². The van der Waals surface area contributed by atoms with Crippen molar-refractivity contribution in [3.8, 4) is 23.3 Å². The molecule has 2 aromatic carbocycles. The Balaban J connectivity index is 2.51. The van der Waals surface area contributed by atoms with Gasteiger partial charge < -0.3 is 0 Å². The molecule has 0 unspecified atom stereocenters. The molecule has 0 aliphatic heterocycles. The summed E-state index contributed by atoms with van der Waals surface area (Å²) in [5.74, 6) is 0. The largest absolute Gasteiger partial charge is 0.222 e. The van der Waals surface area contributed by atoms with Gasteiger partial charge in [-0.05, 0) is 38.7 Å². The van der Waals surface area contributed by atoms with Crippen LogP contribution in [-0.2, 0) is 4.32 Å². The van der Waals surface area contributed by atoms with Crippen molar-refractivity contribution >= 4 is 15.9 Å². The number of benzene rings is 2. The van der Waals surface area contributed by atoms with E-state index in [0.29, 0.717) is 5.56 Å². The van der Waals surface area contributed by atoms with E-state index in [0.717, 1.165) is 11.1 Å². The molecule has 0 bridgehead atoms. The van der Waals surface area contributed by atoms with Crippen molar-refractivity contribution in [1.82, 2.24) is 0 Å². The summed E-state index contributed by atoms with van der Waals surface area (Å²) in [5.41, 5.74) is 2.70. The standard InChI is InChI=1S/C15H9BrN2/c16-15(10-17,11-18)14-8-4-7-13(9-14)12-5-2-1-3-6-12/h1-9H. The number of nitrogens with zero attached hydrogens (tertiary/aromatic N) is 2. The first-order valence-electron chi connectivity index (χ1n) is 5.37. The van der Waals surface area contributed by atoms with Crippen LogP contribution in [0.5, 0.6) is 0 Å². The first-order chi connectivity index (χ1) is 8.69. The molecule has 0 aliphatic rings. The van der Waals surface area contributed by atoms with Crippen molar-refractivity contribution in [3.05, 3.63) is 60.2 Å². The van der Waals surface area contributed by atoms with Gasteiger partial charge in [0.15, 0.2) is 0 Å². The first-order valence-corrected chi connectivity index (χ1v) is 6.16. The van der Waals surface area contributed by atoms with Gasteiger partial charge in [-0.2, -0.15) is 10.5 Å². The van der Waals surface area contributed by atoms with Gasteiger partial charge in [-0.25, -0.2) is 0 Å². The Bertz CT molecular complexity index is 622. The van der Waals surface area contributed by atoms with Gasteiger partial charge in [0.2, 0.25) is 4.32 Å². The van der Waals surface area contributed by atoms with E-state index in [1.807, 2.05) is 60.7 Å². The van der Waals surface area contributed by atoms with Crippen LogP contribution in [0.3, 0.4) is 0 Å². The molecule has 2 aromatic rings. The van der Waals surface area contributed by atoms with E-state index in [1.165, 1.54) is 0 Å². The van der Waals surface area contributed by atoms with Gasteiger partial charge in [-0.15, -0.1) is 0 Å². The molecule has 0 saturated carbocycles. The summed E-state index contributed by atoms with van der Waals surface area (Å²) in [7, 11) is 0. The van der Waals surface area contributed by atoms with Crippen molar-refractivity contribution in [2.75, 3.05) is 0 Å². The molecular weight excluding hydrogens is 288 g/mol. The van der Waals surface area contributed by atoms with E-state index in [4.69, 9.17) is 10.5 Å². The van der Waals surface area contributed by atoms with E-state index in [1.54, 1.807) is 6.07 Å². The topological polar surface area (TPSA) is 47.6 Å². The van der Waals surface area contributed by atoms with E-state index in [2.05, 4.69) is 15.9 Å². The molecule has 0 saturated heterocycles. The van der Waals surface area contributed by atoms with Gasteiger partial charge in [0.1, 0.15) is 12.1 Å². The summed E-state index contributed by atoms with van der Waals surface area (Å²) in [4.78, 5) is 0. The predicted molar refractivity (Wildman–Crippen MR) is 73.7 cm³/mol. The lowest BCUT2D eigenvalue weighted by Gasteiger charge is -2.12. The van der Waals surface area contributed by atoms with Crippen molar-refractivity contribution in [2.24, 2.45) is 0 Å². The fraction of sp³-hybridized carbons (Fsp3) is 0.0667. The van der Waals surface area contributed by atoms with Crippen LogP contribution in [0.25, 0.3) is 11.1 Å². The minimum Gasteiger partial charge on any atom is -0.195 e. The second kappa shape index (κ2) is 5.04. The summed E-state index contributed by atoms with van der Waals surface area (Å²) >= 11 is 3.18. The molecule has 18 heavy (non-hydrogen) atoms. The van der Waals surface area contributed by atoms with Gasteiger partial charge in [0.25, 0.3) is 0 Å². The second-order valence-corrected chi connectivity index (χ2v) is 5.02. The highest BCUT2D eigenvalue weighted by atomic mass is 79.9. The van der Waals surface area contributed by atoms with Crippen LogP contribution in [0.2, 0.25) is 0 Å². The fourth-order valence-corrected chi connectivity index (χ4v) is 1.94. The molecule has 0 heterocycles. The fourth-order valence-electron chi connectivity index (χ4n) is 1.70. The first kappa shape index (κ1) is 12.4. The zero-order valence-electron chi connectivity index (χ0n) is 9.47. The van der Waals surface area contributed by atoms with Crippen molar-refractivity contribution in [2.45, 2.75) is 4.32 Å². The second-order valence-electron chi connectivity index (χ2n) is 3.83. The summed E-state index contributed by atoms with van der Waals surface area (Å²) in [6.07, 6.45) is 0. The molecule has 0 N–H and O–H groups in total.